The lowest BCUT2D eigenvalue weighted by atomic mass is 9.68. The molecule has 0 radical (unpaired) electrons. The number of aromatic nitrogens is 4. The topological polar surface area (TPSA) is 169 Å². The first-order valence-corrected chi connectivity index (χ1v) is 12.0. The molecule has 190 valence electrons. The first-order valence-electron chi connectivity index (χ1n) is 12.0. The third kappa shape index (κ3) is 4.97. The van der Waals surface area contributed by atoms with Gasteiger partial charge in [-0.05, 0) is 49.9 Å². The van der Waals surface area contributed by atoms with E-state index in [1.165, 1.54) is 10.9 Å². The van der Waals surface area contributed by atoms with Crippen molar-refractivity contribution in [3.63, 3.8) is 0 Å². The minimum absolute atomic E-state index is 0.0785. The summed E-state index contributed by atoms with van der Waals surface area (Å²) in [6.07, 6.45) is -0.931. The molecule has 1 aliphatic carbocycles. The number of carbonyl (C=O) groups excluding carboxylic acids is 1. The zero-order valence-electron chi connectivity index (χ0n) is 20.5. The summed E-state index contributed by atoms with van der Waals surface area (Å²) >= 11 is 0. The molecule has 0 spiro atoms. The van der Waals surface area contributed by atoms with Crippen LogP contribution in [-0.2, 0) is 9.53 Å². The molecule has 4 atom stereocenters. The highest BCUT2D eigenvalue weighted by Crippen LogP contribution is 2.41. The molecule has 1 saturated heterocycles. The SMILES string of the molecule is CCNC(=O)[C@H]1O[C@@H](n2cnc3c(N)nc(C#CC4(O)CCC(C(C)(C)C)CC4)nc32)C(O)[C@H]1O. The van der Waals surface area contributed by atoms with Crippen LogP contribution in [0.1, 0.15) is 65.4 Å². The Labute approximate surface area is 204 Å². The number of nitrogens with two attached hydrogens (primary N) is 1. The summed E-state index contributed by atoms with van der Waals surface area (Å²) in [7, 11) is 0. The van der Waals surface area contributed by atoms with Gasteiger partial charge in [-0.1, -0.05) is 26.7 Å². The molecule has 0 aromatic carbocycles. The molecule has 1 saturated carbocycles. The fourth-order valence-corrected chi connectivity index (χ4v) is 4.82. The second-order valence-electron chi connectivity index (χ2n) is 10.5. The molecule has 2 fully saturated rings. The van der Waals surface area contributed by atoms with Gasteiger partial charge in [0.15, 0.2) is 23.8 Å². The van der Waals surface area contributed by atoms with E-state index in [9.17, 15) is 20.1 Å². The number of ether oxygens (including phenoxy) is 1. The second kappa shape index (κ2) is 9.35. The zero-order valence-corrected chi connectivity index (χ0v) is 20.5. The highest BCUT2D eigenvalue weighted by atomic mass is 16.6. The van der Waals surface area contributed by atoms with E-state index in [1.807, 2.05) is 0 Å². The number of amides is 1. The lowest BCUT2D eigenvalue weighted by Gasteiger charge is -2.39. The molecule has 35 heavy (non-hydrogen) atoms. The van der Waals surface area contributed by atoms with Crippen LogP contribution in [0.4, 0.5) is 5.82 Å². The predicted molar refractivity (Wildman–Crippen MR) is 128 cm³/mol. The number of imidazole rings is 1. The second-order valence-corrected chi connectivity index (χ2v) is 10.5. The average molecular weight is 487 g/mol. The van der Waals surface area contributed by atoms with Crippen molar-refractivity contribution < 1.29 is 24.9 Å². The average Bonchev–Trinajstić information content (AvgIpc) is 3.34. The normalized spacial score (nSPS) is 31.2. The Morgan fingerprint density at radius 2 is 1.97 bits per heavy atom. The van der Waals surface area contributed by atoms with E-state index >= 15 is 0 Å². The Morgan fingerprint density at radius 1 is 1.29 bits per heavy atom. The number of nitrogens with one attached hydrogen (secondary N) is 1. The van der Waals surface area contributed by atoms with Gasteiger partial charge in [0.2, 0.25) is 5.82 Å². The van der Waals surface area contributed by atoms with Gasteiger partial charge >= 0.3 is 0 Å². The summed E-state index contributed by atoms with van der Waals surface area (Å²) in [6.45, 7) is 8.74. The third-order valence-corrected chi connectivity index (χ3v) is 7.01. The van der Waals surface area contributed by atoms with Crippen molar-refractivity contribution in [1.29, 1.82) is 0 Å². The molecule has 1 amide bonds. The smallest absolute Gasteiger partial charge is 0.252 e. The maximum absolute atomic E-state index is 12.2. The number of nitrogen functional groups attached to an aromatic ring is 1. The van der Waals surface area contributed by atoms with Crippen LogP contribution < -0.4 is 11.1 Å². The van der Waals surface area contributed by atoms with Gasteiger partial charge in [0.25, 0.3) is 5.91 Å². The van der Waals surface area contributed by atoms with Crippen LogP contribution in [0.25, 0.3) is 11.2 Å². The summed E-state index contributed by atoms with van der Waals surface area (Å²) in [4.78, 5) is 25.0. The molecule has 0 bridgehead atoms. The number of nitrogens with zero attached hydrogens (tertiary/aromatic N) is 4. The zero-order chi connectivity index (χ0) is 25.5. The largest absolute Gasteiger partial charge is 0.387 e. The van der Waals surface area contributed by atoms with Gasteiger partial charge in [-0.25, -0.2) is 15.0 Å². The molecule has 2 aliphatic rings. The molecule has 11 nitrogen and oxygen atoms in total. The summed E-state index contributed by atoms with van der Waals surface area (Å²) in [5.41, 5.74) is 5.65. The Kier molecular flexibility index (Phi) is 6.76. The molecular formula is C24H34N6O5. The van der Waals surface area contributed by atoms with E-state index in [0.717, 1.165) is 12.8 Å². The van der Waals surface area contributed by atoms with Crippen LogP contribution in [0.2, 0.25) is 0 Å². The summed E-state index contributed by atoms with van der Waals surface area (Å²) in [5, 5.41) is 34.5. The molecule has 2 aromatic heterocycles. The first-order chi connectivity index (χ1) is 16.4. The van der Waals surface area contributed by atoms with Gasteiger partial charge in [-0.3, -0.25) is 9.36 Å². The van der Waals surface area contributed by atoms with Crippen LogP contribution in [0, 0.1) is 23.2 Å². The maximum atomic E-state index is 12.2. The lowest BCUT2D eigenvalue weighted by Crippen LogP contribution is -2.42. The van der Waals surface area contributed by atoms with Crippen LogP contribution in [0.3, 0.4) is 0 Å². The molecule has 1 aliphatic heterocycles. The Balaban J connectivity index is 1.59. The number of likely N-dealkylation sites (N-methyl/N-ethyl adjacent to an activating group) is 1. The van der Waals surface area contributed by atoms with Crippen LogP contribution in [0.5, 0.6) is 0 Å². The first kappa shape index (κ1) is 25.3. The van der Waals surface area contributed by atoms with Crippen LogP contribution in [0.15, 0.2) is 6.33 Å². The number of aliphatic hydroxyl groups excluding tert-OH is 2. The van der Waals surface area contributed by atoms with Gasteiger partial charge < -0.3 is 31.1 Å². The fraction of sp³-hybridized carbons (Fsp3) is 0.667. The van der Waals surface area contributed by atoms with E-state index in [4.69, 9.17) is 10.5 Å². The van der Waals surface area contributed by atoms with Crippen molar-refractivity contribution in [2.75, 3.05) is 12.3 Å². The molecule has 1 unspecified atom stereocenters. The monoisotopic (exact) mass is 486 g/mol. The molecule has 3 heterocycles. The Hall–Kier alpha value is -2.78. The minimum Gasteiger partial charge on any atom is -0.387 e. The summed E-state index contributed by atoms with van der Waals surface area (Å²) in [6, 6.07) is 0. The van der Waals surface area contributed by atoms with Crippen molar-refractivity contribution in [3.05, 3.63) is 12.2 Å². The van der Waals surface area contributed by atoms with Gasteiger partial charge in [-0.2, -0.15) is 0 Å². The number of hydrogen-bond donors (Lipinski definition) is 5. The maximum Gasteiger partial charge on any atom is 0.252 e. The summed E-state index contributed by atoms with van der Waals surface area (Å²) in [5.74, 6) is 5.96. The molecule has 4 rings (SSSR count). The van der Waals surface area contributed by atoms with E-state index in [2.05, 4.69) is 52.9 Å². The van der Waals surface area contributed by atoms with Crippen molar-refractivity contribution in [2.45, 2.75) is 83.5 Å². The summed E-state index contributed by atoms with van der Waals surface area (Å²) < 4.78 is 7.07. The van der Waals surface area contributed by atoms with Gasteiger partial charge in [0.1, 0.15) is 23.3 Å². The van der Waals surface area contributed by atoms with Crippen molar-refractivity contribution in [3.8, 4) is 11.8 Å². The molecule has 2 aromatic rings. The number of fused-ring (bicyclic) bond motifs is 1. The number of hydrogen-bond acceptors (Lipinski definition) is 9. The van der Waals surface area contributed by atoms with E-state index in [0.29, 0.717) is 25.3 Å². The molecular weight excluding hydrogens is 452 g/mol. The van der Waals surface area contributed by atoms with Gasteiger partial charge in [0.05, 0.1) is 6.33 Å². The standard InChI is InChI=1S/C24H34N6O5/c1-5-26-21(33)18-16(31)17(32)22(35-18)30-12-27-15-19(25)28-14(29-20(15)30)8-11-24(34)9-6-13(7-10-24)23(2,3)4/h12-13,16-18,22,31-32,34H,5-7,9-10H2,1-4H3,(H,26,33)(H2,25,28,29)/t13?,16-,17?,18+,22-,24?/m1/s1. The van der Waals surface area contributed by atoms with Gasteiger partial charge in [-0.15, -0.1) is 0 Å². The molecule has 6 N–H and O–H groups in total. The van der Waals surface area contributed by atoms with E-state index < -0.39 is 36.0 Å². The number of anilines is 1. The van der Waals surface area contributed by atoms with Crippen LogP contribution >= 0.6 is 0 Å². The van der Waals surface area contributed by atoms with Crippen molar-refractivity contribution in [2.24, 2.45) is 11.3 Å². The number of rotatable bonds is 3. The number of aliphatic hydroxyl groups is 3. The Morgan fingerprint density at radius 3 is 2.60 bits per heavy atom. The number of carbonyl (C=O) groups is 1. The fourth-order valence-electron chi connectivity index (χ4n) is 4.82. The van der Waals surface area contributed by atoms with Crippen molar-refractivity contribution in [1.82, 2.24) is 24.8 Å². The third-order valence-electron chi connectivity index (χ3n) is 7.01. The quantitative estimate of drug-likeness (QED) is 0.387. The highest BCUT2D eigenvalue weighted by Gasteiger charge is 2.47. The van der Waals surface area contributed by atoms with Crippen molar-refractivity contribution >= 4 is 22.9 Å². The lowest BCUT2D eigenvalue weighted by molar-refractivity contribution is -0.137. The highest BCUT2D eigenvalue weighted by molar-refractivity contribution is 5.83. The predicted octanol–water partition coefficient (Wildman–Crippen LogP) is 0.483. The van der Waals surface area contributed by atoms with E-state index in [1.54, 1.807) is 6.92 Å². The molecule has 11 heteroatoms. The minimum atomic E-state index is -1.43. The van der Waals surface area contributed by atoms with Gasteiger partial charge in [0, 0.05) is 6.54 Å². The van der Waals surface area contributed by atoms with Crippen LogP contribution in [-0.4, -0.2) is 71.2 Å². The van der Waals surface area contributed by atoms with E-state index in [-0.39, 0.29) is 28.2 Å². The Bertz CT molecular complexity index is 1150.